The molecular formula is C11H17NO4. The van der Waals surface area contributed by atoms with Crippen molar-refractivity contribution in [3.8, 4) is 0 Å². The zero-order valence-corrected chi connectivity index (χ0v) is 9.45. The number of rotatable bonds is 4. The molecule has 0 aromatic carbocycles. The largest absolute Gasteiger partial charge is 0.465 e. The molecule has 1 saturated carbocycles. The summed E-state index contributed by atoms with van der Waals surface area (Å²) in [5, 5.41) is 2.43. The fourth-order valence-electron chi connectivity index (χ4n) is 1.75. The summed E-state index contributed by atoms with van der Waals surface area (Å²) in [7, 11) is 0. The van der Waals surface area contributed by atoms with Gasteiger partial charge >= 0.3 is 5.97 Å². The molecule has 1 aliphatic rings. The summed E-state index contributed by atoms with van der Waals surface area (Å²) in [6, 6.07) is 0. The molecule has 0 saturated heterocycles. The summed E-state index contributed by atoms with van der Waals surface area (Å²) in [6.07, 6.45) is 2.81. The Morgan fingerprint density at radius 2 is 2.19 bits per heavy atom. The van der Waals surface area contributed by atoms with Crippen molar-refractivity contribution in [3.05, 3.63) is 0 Å². The first-order valence-corrected chi connectivity index (χ1v) is 5.61. The van der Waals surface area contributed by atoms with Crippen LogP contribution in [0.25, 0.3) is 0 Å². The van der Waals surface area contributed by atoms with Crippen LogP contribution in [0.4, 0.5) is 0 Å². The second-order valence-electron chi connectivity index (χ2n) is 3.79. The van der Waals surface area contributed by atoms with E-state index >= 15 is 0 Å². The molecule has 1 aliphatic carbocycles. The molecule has 0 radical (unpaired) electrons. The minimum Gasteiger partial charge on any atom is -0.465 e. The quantitative estimate of drug-likeness (QED) is 0.558. The van der Waals surface area contributed by atoms with Gasteiger partial charge in [0.25, 0.3) is 0 Å². The van der Waals surface area contributed by atoms with Gasteiger partial charge in [0.05, 0.1) is 12.5 Å². The Balaban J connectivity index is 2.33. The van der Waals surface area contributed by atoms with Crippen LogP contribution < -0.4 is 5.32 Å². The molecule has 0 spiro atoms. The highest BCUT2D eigenvalue weighted by atomic mass is 16.5. The normalized spacial score (nSPS) is 20.3. The zero-order valence-electron chi connectivity index (χ0n) is 9.45. The number of amides is 1. The Hall–Kier alpha value is -1.39. The third-order valence-corrected chi connectivity index (χ3v) is 2.58. The molecule has 1 unspecified atom stereocenters. The van der Waals surface area contributed by atoms with E-state index in [1.807, 2.05) is 0 Å². The van der Waals surface area contributed by atoms with Gasteiger partial charge in [-0.1, -0.05) is 6.42 Å². The number of Topliss-reactive ketones (excluding diaryl/α,β-unsaturated/α-hetero) is 1. The number of carbonyl (C=O) groups excluding carboxylic acids is 3. The van der Waals surface area contributed by atoms with Crippen LogP contribution in [0.5, 0.6) is 0 Å². The fraction of sp³-hybridized carbons (Fsp3) is 0.727. The minimum atomic E-state index is -0.567. The first-order chi connectivity index (χ1) is 7.65. The van der Waals surface area contributed by atoms with Crippen molar-refractivity contribution in [2.75, 3.05) is 13.2 Å². The van der Waals surface area contributed by atoms with Gasteiger partial charge in [0.2, 0.25) is 5.91 Å². The van der Waals surface area contributed by atoms with E-state index in [1.165, 1.54) is 0 Å². The molecule has 0 heterocycles. The van der Waals surface area contributed by atoms with Gasteiger partial charge in [-0.25, -0.2) is 0 Å². The van der Waals surface area contributed by atoms with Gasteiger partial charge in [0.15, 0.2) is 0 Å². The fourth-order valence-corrected chi connectivity index (χ4v) is 1.75. The standard InChI is InChI=1S/C11H17NO4/c1-2-16-10(14)7-12-11(15)8-5-3-4-6-9(8)13/h8H,2-7H2,1H3,(H,12,15). The van der Waals surface area contributed by atoms with Crippen molar-refractivity contribution in [1.82, 2.24) is 5.32 Å². The van der Waals surface area contributed by atoms with E-state index in [0.717, 1.165) is 12.8 Å². The maximum atomic E-state index is 11.6. The summed E-state index contributed by atoms with van der Waals surface area (Å²) in [6.45, 7) is 1.83. The molecule has 0 aliphatic heterocycles. The van der Waals surface area contributed by atoms with Crippen LogP contribution in [0.3, 0.4) is 0 Å². The van der Waals surface area contributed by atoms with Gasteiger partial charge in [0.1, 0.15) is 12.3 Å². The first kappa shape index (κ1) is 12.7. The van der Waals surface area contributed by atoms with Crippen LogP contribution in [0.2, 0.25) is 0 Å². The van der Waals surface area contributed by atoms with Gasteiger partial charge in [-0.15, -0.1) is 0 Å². The zero-order chi connectivity index (χ0) is 12.0. The smallest absolute Gasteiger partial charge is 0.325 e. The second kappa shape index (κ2) is 6.25. The lowest BCUT2D eigenvalue weighted by Crippen LogP contribution is -2.39. The van der Waals surface area contributed by atoms with Crippen molar-refractivity contribution in [3.63, 3.8) is 0 Å². The molecule has 16 heavy (non-hydrogen) atoms. The van der Waals surface area contributed by atoms with E-state index in [9.17, 15) is 14.4 Å². The van der Waals surface area contributed by atoms with E-state index in [4.69, 9.17) is 0 Å². The van der Waals surface area contributed by atoms with Crippen LogP contribution in [-0.2, 0) is 19.1 Å². The molecule has 1 fully saturated rings. The van der Waals surface area contributed by atoms with Crippen molar-refractivity contribution in [2.45, 2.75) is 32.6 Å². The molecule has 5 nitrogen and oxygen atoms in total. The van der Waals surface area contributed by atoms with Gasteiger partial charge in [-0.2, -0.15) is 0 Å². The Labute approximate surface area is 94.5 Å². The Bertz CT molecular complexity index is 288. The van der Waals surface area contributed by atoms with Crippen LogP contribution in [0.1, 0.15) is 32.6 Å². The van der Waals surface area contributed by atoms with Crippen molar-refractivity contribution < 1.29 is 19.1 Å². The third kappa shape index (κ3) is 3.64. The molecular weight excluding hydrogens is 210 g/mol. The average molecular weight is 227 g/mol. The highest BCUT2D eigenvalue weighted by Gasteiger charge is 2.28. The predicted molar refractivity (Wildman–Crippen MR) is 56.6 cm³/mol. The SMILES string of the molecule is CCOC(=O)CNC(=O)C1CCCCC1=O. The van der Waals surface area contributed by atoms with Crippen LogP contribution in [-0.4, -0.2) is 30.8 Å². The number of nitrogens with one attached hydrogen (secondary N) is 1. The molecule has 1 rings (SSSR count). The van der Waals surface area contributed by atoms with Crippen molar-refractivity contribution in [1.29, 1.82) is 0 Å². The topological polar surface area (TPSA) is 72.5 Å². The molecule has 1 atom stereocenters. The lowest BCUT2D eigenvalue weighted by atomic mass is 9.87. The maximum absolute atomic E-state index is 11.6. The van der Waals surface area contributed by atoms with Gasteiger partial charge in [0, 0.05) is 6.42 Å². The second-order valence-corrected chi connectivity index (χ2v) is 3.79. The number of hydrogen-bond donors (Lipinski definition) is 1. The average Bonchev–Trinajstić information content (AvgIpc) is 2.27. The summed E-state index contributed by atoms with van der Waals surface area (Å²) in [5.41, 5.74) is 0. The van der Waals surface area contributed by atoms with Gasteiger partial charge in [-0.05, 0) is 19.8 Å². The number of hydrogen-bond acceptors (Lipinski definition) is 4. The third-order valence-electron chi connectivity index (χ3n) is 2.58. The monoisotopic (exact) mass is 227 g/mol. The predicted octanol–water partition coefficient (Wildman–Crippen LogP) is 0.425. The highest BCUT2D eigenvalue weighted by Crippen LogP contribution is 2.20. The number of esters is 1. The van der Waals surface area contributed by atoms with Crippen LogP contribution in [0.15, 0.2) is 0 Å². The Kier molecular flexibility index (Phi) is 4.95. The lowest BCUT2D eigenvalue weighted by molar-refractivity contribution is -0.145. The molecule has 0 bridgehead atoms. The van der Waals surface area contributed by atoms with E-state index in [-0.39, 0.29) is 24.8 Å². The van der Waals surface area contributed by atoms with Crippen molar-refractivity contribution in [2.24, 2.45) is 5.92 Å². The Morgan fingerprint density at radius 3 is 2.81 bits per heavy atom. The van der Waals surface area contributed by atoms with E-state index in [0.29, 0.717) is 12.8 Å². The molecule has 1 N–H and O–H groups in total. The number of carbonyl (C=O) groups is 3. The van der Waals surface area contributed by atoms with E-state index in [2.05, 4.69) is 10.1 Å². The van der Waals surface area contributed by atoms with Crippen molar-refractivity contribution >= 4 is 17.7 Å². The summed E-state index contributed by atoms with van der Waals surface area (Å²) in [4.78, 5) is 34.0. The summed E-state index contributed by atoms with van der Waals surface area (Å²) in [5.74, 6) is -1.41. The highest BCUT2D eigenvalue weighted by molar-refractivity contribution is 6.02. The number of ketones is 1. The van der Waals surface area contributed by atoms with Crippen LogP contribution in [0, 0.1) is 5.92 Å². The molecule has 0 aromatic rings. The lowest BCUT2D eigenvalue weighted by Gasteiger charge is -2.19. The minimum absolute atomic E-state index is 0.0207. The van der Waals surface area contributed by atoms with Gasteiger partial charge in [-0.3, -0.25) is 14.4 Å². The van der Waals surface area contributed by atoms with Crippen LogP contribution >= 0.6 is 0 Å². The summed E-state index contributed by atoms with van der Waals surface area (Å²) >= 11 is 0. The molecule has 90 valence electrons. The Morgan fingerprint density at radius 1 is 1.44 bits per heavy atom. The molecule has 5 heteroatoms. The molecule has 1 amide bonds. The van der Waals surface area contributed by atoms with Gasteiger partial charge < -0.3 is 10.1 Å². The maximum Gasteiger partial charge on any atom is 0.325 e. The molecule has 0 aromatic heterocycles. The first-order valence-electron chi connectivity index (χ1n) is 5.61. The van der Waals surface area contributed by atoms with E-state index in [1.54, 1.807) is 6.92 Å². The summed E-state index contributed by atoms with van der Waals surface area (Å²) < 4.78 is 4.67. The van der Waals surface area contributed by atoms with E-state index < -0.39 is 11.9 Å². The number of ether oxygens (including phenoxy) is 1.